The molecule has 8 nitrogen and oxygen atoms in total. The number of ether oxygens (including phenoxy) is 2. The molecule has 2 fully saturated rings. The highest BCUT2D eigenvalue weighted by Gasteiger charge is 2.42. The van der Waals surface area contributed by atoms with Crippen molar-refractivity contribution >= 4 is 28.6 Å². The predicted octanol–water partition coefficient (Wildman–Crippen LogP) is 3.67. The Morgan fingerprint density at radius 1 is 1.29 bits per heavy atom. The molecule has 1 amide bonds. The Morgan fingerprint density at radius 2 is 2.12 bits per heavy atom. The van der Waals surface area contributed by atoms with Crippen LogP contribution in [0.5, 0.6) is 5.75 Å². The number of benzene rings is 1. The van der Waals surface area contributed by atoms with Gasteiger partial charge in [-0.3, -0.25) is 9.78 Å². The molecule has 1 aromatic carbocycles. The fourth-order valence-corrected chi connectivity index (χ4v) is 4.98. The molecule has 0 radical (unpaired) electrons. The van der Waals surface area contributed by atoms with Crippen LogP contribution in [0.25, 0.3) is 11.1 Å². The summed E-state index contributed by atoms with van der Waals surface area (Å²) in [6.07, 6.45) is 3.91. The van der Waals surface area contributed by atoms with E-state index in [0.717, 1.165) is 5.69 Å². The second-order valence-electron chi connectivity index (χ2n) is 9.15. The van der Waals surface area contributed by atoms with E-state index in [-0.39, 0.29) is 30.1 Å². The maximum Gasteiger partial charge on any atom is 0.254 e. The highest BCUT2D eigenvalue weighted by Crippen LogP contribution is 2.36. The summed E-state index contributed by atoms with van der Waals surface area (Å²) in [6, 6.07) is 6.98. The van der Waals surface area contributed by atoms with Crippen LogP contribution >= 0.6 is 11.6 Å². The number of oxazole rings is 1. The summed E-state index contributed by atoms with van der Waals surface area (Å²) in [5.41, 5.74) is 2.45. The number of aromatic nitrogens is 2. The Bertz CT molecular complexity index is 1190. The van der Waals surface area contributed by atoms with Crippen molar-refractivity contribution in [3.8, 4) is 5.75 Å². The standard InChI is InChI=1S/C25H28ClN3O5/c1-14-12-29(21(13-33-14)15-7-19(30)8-15)25(31)16-9-20-24(22(10-16)32-2)34-23(28-20)4-3-18-11-17(26)5-6-27-18/h5-6,9-11,14-15,19,21,30H,3-4,7-8,12-13H2,1-2H3. The van der Waals surface area contributed by atoms with Gasteiger partial charge in [-0.05, 0) is 56.4 Å². The number of nitrogens with zero attached hydrogens (tertiary/aromatic N) is 3. The van der Waals surface area contributed by atoms with E-state index in [1.54, 1.807) is 31.5 Å². The van der Waals surface area contributed by atoms with Gasteiger partial charge in [0.2, 0.25) is 0 Å². The molecule has 1 aliphatic carbocycles. The number of hydrogen-bond acceptors (Lipinski definition) is 7. The molecule has 2 aliphatic rings. The summed E-state index contributed by atoms with van der Waals surface area (Å²) in [4.78, 5) is 24.4. The zero-order valence-corrected chi connectivity index (χ0v) is 20.0. The molecule has 2 atom stereocenters. The monoisotopic (exact) mass is 485 g/mol. The third kappa shape index (κ3) is 4.62. The van der Waals surface area contributed by atoms with Gasteiger partial charge < -0.3 is 23.9 Å². The van der Waals surface area contributed by atoms with Gasteiger partial charge in [-0.2, -0.15) is 0 Å². The molecule has 1 N–H and O–H groups in total. The van der Waals surface area contributed by atoms with Crippen LogP contribution in [0.3, 0.4) is 0 Å². The van der Waals surface area contributed by atoms with Crippen LogP contribution < -0.4 is 4.74 Å². The number of morpholine rings is 1. The van der Waals surface area contributed by atoms with Gasteiger partial charge in [0.05, 0.1) is 32.0 Å². The minimum absolute atomic E-state index is 0.0467. The van der Waals surface area contributed by atoms with Crippen LogP contribution in [0.1, 0.15) is 41.7 Å². The van der Waals surface area contributed by atoms with E-state index in [1.165, 1.54) is 0 Å². The van der Waals surface area contributed by atoms with Gasteiger partial charge in [0.15, 0.2) is 17.2 Å². The topological polar surface area (TPSA) is 97.9 Å². The lowest BCUT2D eigenvalue weighted by Crippen LogP contribution is -2.57. The first-order valence-electron chi connectivity index (χ1n) is 11.6. The SMILES string of the molecule is COc1cc(C(=O)N2CC(C)OCC2C2CC(O)C2)cc2nc(CCc3cc(Cl)ccn3)oc12. The molecule has 0 spiro atoms. The van der Waals surface area contributed by atoms with Crippen molar-refractivity contribution in [3.63, 3.8) is 0 Å². The van der Waals surface area contributed by atoms with Crippen LogP contribution in [0.4, 0.5) is 0 Å². The van der Waals surface area contributed by atoms with E-state index in [2.05, 4.69) is 9.97 Å². The first-order valence-corrected chi connectivity index (χ1v) is 12.0. The Labute approximate surface area is 202 Å². The molecule has 34 heavy (non-hydrogen) atoms. The highest BCUT2D eigenvalue weighted by atomic mass is 35.5. The number of fused-ring (bicyclic) bond motifs is 1. The molecule has 3 aromatic rings. The molecule has 0 bridgehead atoms. The van der Waals surface area contributed by atoms with Crippen molar-refractivity contribution in [1.82, 2.24) is 14.9 Å². The van der Waals surface area contributed by atoms with Gasteiger partial charge in [-0.25, -0.2) is 4.98 Å². The number of carbonyl (C=O) groups excluding carboxylic acids is 1. The Hall–Kier alpha value is -2.68. The molecule has 2 aromatic heterocycles. The number of aliphatic hydroxyl groups excluding tert-OH is 1. The Morgan fingerprint density at radius 3 is 2.85 bits per heavy atom. The van der Waals surface area contributed by atoms with Crippen molar-refractivity contribution < 1.29 is 23.8 Å². The van der Waals surface area contributed by atoms with E-state index in [4.69, 9.17) is 25.5 Å². The lowest BCUT2D eigenvalue weighted by atomic mass is 9.76. The summed E-state index contributed by atoms with van der Waals surface area (Å²) in [5.74, 6) is 1.17. The molecule has 9 heteroatoms. The number of amides is 1. The minimum Gasteiger partial charge on any atom is -0.493 e. The van der Waals surface area contributed by atoms with Crippen LogP contribution in [0.2, 0.25) is 5.02 Å². The van der Waals surface area contributed by atoms with Crippen LogP contribution in [0.15, 0.2) is 34.9 Å². The van der Waals surface area contributed by atoms with E-state index in [0.29, 0.717) is 72.2 Å². The maximum absolute atomic E-state index is 13.6. The van der Waals surface area contributed by atoms with Crippen LogP contribution in [-0.4, -0.2) is 64.4 Å². The molecule has 2 unspecified atom stereocenters. The number of rotatable bonds is 6. The smallest absolute Gasteiger partial charge is 0.254 e. The van der Waals surface area contributed by atoms with Crippen molar-refractivity contribution in [2.45, 2.75) is 50.9 Å². The number of aryl methyl sites for hydroxylation is 2. The summed E-state index contributed by atoms with van der Waals surface area (Å²) < 4.78 is 17.4. The number of aliphatic hydroxyl groups is 1. The second kappa shape index (κ2) is 9.52. The first-order chi connectivity index (χ1) is 16.4. The quantitative estimate of drug-likeness (QED) is 0.568. The molecular weight excluding hydrogens is 458 g/mol. The molecule has 3 heterocycles. The van der Waals surface area contributed by atoms with E-state index in [9.17, 15) is 9.90 Å². The molecule has 180 valence electrons. The van der Waals surface area contributed by atoms with Crippen LogP contribution in [0, 0.1) is 5.92 Å². The summed E-state index contributed by atoms with van der Waals surface area (Å²) in [7, 11) is 1.55. The third-order valence-corrected chi connectivity index (χ3v) is 6.94. The van der Waals surface area contributed by atoms with E-state index < -0.39 is 0 Å². The van der Waals surface area contributed by atoms with Crippen LogP contribution in [-0.2, 0) is 17.6 Å². The van der Waals surface area contributed by atoms with Gasteiger partial charge in [0.1, 0.15) is 5.52 Å². The average Bonchev–Trinajstić information content (AvgIpc) is 3.23. The van der Waals surface area contributed by atoms with Crippen molar-refractivity contribution in [2.24, 2.45) is 5.92 Å². The van der Waals surface area contributed by atoms with Gasteiger partial charge >= 0.3 is 0 Å². The molecule has 5 rings (SSSR count). The summed E-state index contributed by atoms with van der Waals surface area (Å²) >= 11 is 6.05. The predicted molar refractivity (Wildman–Crippen MR) is 126 cm³/mol. The largest absolute Gasteiger partial charge is 0.493 e. The van der Waals surface area contributed by atoms with Gasteiger partial charge in [0.25, 0.3) is 5.91 Å². The van der Waals surface area contributed by atoms with E-state index in [1.807, 2.05) is 17.9 Å². The molecular formula is C25H28ClN3O5. The number of methoxy groups -OCH3 is 1. The number of carbonyl (C=O) groups is 1. The fourth-order valence-electron chi connectivity index (χ4n) is 4.80. The van der Waals surface area contributed by atoms with Gasteiger partial charge in [-0.15, -0.1) is 0 Å². The molecule has 1 saturated carbocycles. The zero-order chi connectivity index (χ0) is 23.8. The minimum atomic E-state index is -0.284. The van der Waals surface area contributed by atoms with Crippen molar-refractivity contribution in [1.29, 1.82) is 0 Å². The Kier molecular flexibility index (Phi) is 6.46. The normalized spacial score (nSPS) is 24.8. The summed E-state index contributed by atoms with van der Waals surface area (Å²) in [5, 5.41) is 10.4. The van der Waals surface area contributed by atoms with Crippen molar-refractivity contribution in [2.75, 3.05) is 20.3 Å². The molecule has 1 saturated heterocycles. The number of hydrogen-bond donors (Lipinski definition) is 1. The molecule has 1 aliphatic heterocycles. The van der Waals surface area contributed by atoms with Gasteiger partial charge in [-0.1, -0.05) is 11.6 Å². The van der Waals surface area contributed by atoms with Crippen molar-refractivity contribution in [3.05, 3.63) is 52.6 Å². The second-order valence-corrected chi connectivity index (χ2v) is 9.59. The third-order valence-electron chi connectivity index (χ3n) is 6.70. The zero-order valence-electron chi connectivity index (χ0n) is 19.2. The number of halogens is 1. The summed E-state index contributed by atoms with van der Waals surface area (Å²) in [6.45, 7) is 2.96. The fraction of sp³-hybridized carbons (Fsp3) is 0.480. The Balaban J connectivity index is 1.39. The highest BCUT2D eigenvalue weighted by molar-refractivity contribution is 6.30. The number of pyridine rings is 1. The average molecular weight is 486 g/mol. The maximum atomic E-state index is 13.6. The lowest BCUT2D eigenvalue weighted by Gasteiger charge is -2.47. The van der Waals surface area contributed by atoms with Gasteiger partial charge in [0, 0.05) is 35.4 Å². The first kappa shape index (κ1) is 23.1. The lowest BCUT2D eigenvalue weighted by molar-refractivity contribution is -0.0894. The van der Waals surface area contributed by atoms with E-state index >= 15 is 0 Å².